The standard InChI is InChI=1S/C20H17N5O2/c26-19(13-24-14-21-17-9-5-4-8-16(17)20(24)27)23-18-10-11-22-25(18)12-15-6-2-1-3-7-15/h1-11,14H,12-13H2,(H,23,26). The van der Waals surface area contributed by atoms with Crippen LogP contribution in [0.4, 0.5) is 5.82 Å². The van der Waals surface area contributed by atoms with Crippen LogP contribution in [0.25, 0.3) is 10.9 Å². The van der Waals surface area contributed by atoms with Crippen molar-refractivity contribution in [3.05, 3.63) is 89.1 Å². The summed E-state index contributed by atoms with van der Waals surface area (Å²) < 4.78 is 3.00. The van der Waals surface area contributed by atoms with Crippen LogP contribution >= 0.6 is 0 Å². The molecule has 1 N–H and O–H groups in total. The lowest BCUT2D eigenvalue weighted by Gasteiger charge is -2.10. The lowest BCUT2D eigenvalue weighted by molar-refractivity contribution is -0.116. The maximum absolute atomic E-state index is 12.5. The van der Waals surface area contributed by atoms with Crippen molar-refractivity contribution >= 4 is 22.6 Å². The molecule has 7 heteroatoms. The minimum atomic E-state index is -0.316. The van der Waals surface area contributed by atoms with E-state index >= 15 is 0 Å². The van der Waals surface area contributed by atoms with Crippen molar-refractivity contribution in [2.75, 3.05) is 5.32 Å². The number of benzene rings is 2. The van der Waals surface area contributed by atoms with Crippen molar-refractivity contribution in [1.82, 2.24) is 19.3 Å². The minimum absolute atomic E-state index is 0.118. The molecule has 0 radical (unpaired) electrons. The van der Waals surface area contributed by atoms with Crippen molar-refractivity contribution in [2.45, 2.75) is 13.1 Å². The molecule has 0 saturated heterocycles. The first-order valence-electron chi connectivity index (χ1n) is 8.50. The van der Waals surface area contributed by atoms with E-state index in [2.05, 4.69) is 15.4 Å². The molecule has 4 rings (SSSR count). The zero-order valence-electron chi connectivity index (χ0n) is 14.4. The molecular formula is C20H17N5O2. The van der Waals surface area contributed by atoms with E-state index in [1.807, 2.05) is 36.4 Å². The van der Waals surface area contributed by atoms with Gasteiger partial charge < -0.3 is 5.32 Å². The molecule has 0 spiro atoms. The Morgan fingerprint density at radius 3 is 2.63 bits per heavy atom. The number of amides is 1. The Labute approximate surface area is 154 Å². The van der Waals surface area contributed by atoms with E-state index in [4.69, 9.17) is 0 Å². The molecule has 0 aliphatic heterocycles. The molecule has 7 nitrogen and oxygen atoms in total. The third-order valence-corrected chi connectivity index (χ3v) is 4.20. The van der Waals surface area contributed by atoms with Crippen LogP contribution in [0.2, 0.25) is 0 Å². The van der Waals surface area contributed by atoms with Gasteiger partial charge in [-0.05, 0) is 17.7 Å². The van der Waals surface area contributed by atoms with Crippen molar-refractivity contribution in [3.8, 4) is 0 Å². The molecule has 0 unspecified atom stereocenters. The largest absolute Gasteiger partial charge is 0.309 e. The van der Waals surface area contributed by atoms with E-state index in [0.29, 0.717) is 23.3 Å². The predicted molar refractivity (Wildman–Crippen MR) is 102 cm³/mol. The Balaban J connectivity index is 1.50. The fourth-order valence-electron chi connectivity index (χ4n) is 2.88. The summed E-state index contributed by atoms with van der Waals surface area (Å²) in [6.07, 6.45) is 3.02. The van der Waals surface area contributed by atoms with Gasteiger partial charge in [0, 0.05) is 6.07 Å². The van der Waals surface area contributed by atoms with E-state index in [1.165, 1.54) is 10.9 Å². The first-order valence-corrected chi connectivity index (χ1v) is 8.50. The lowest BCUT2D eigenvalue weighted by Crippen LogP contribution is -2.28. The normalized spacial score (nSPS) is 10.8. The summed E-state index contributed by atoms with van der Waals surface area (Å²) >= 11 is 0. The molecule has 1 amide bonds. The van der Waals surface area contributed by atoms with Gasteiger partial charge >= 0.3 is 0 Å². The Morgan fingerprint density at radius 2 is 1.78 bits per heavy atom. The molecule has 0 atom stereocenters. The number of carbonyl (C=O) groups excluding carboxylic acids is 1. The summed E-state index contributed by atoms with van der Waals surface area (Å²) in [5.74, 6) is 0.259. The Bertz CT molecular complexity index is 1150. The summed E-state index contributed by atoms with van der Waals surface area (Å²) in [7, 11) is 0. The van der Waals surface area contributed by atoms with Gasteiger partial charge in [-0.15, -0.1) is 0 Å². The van der Waals surface area contributed by atoms with Crippen LogP contribution in [0.1, 0.15) is 5.56 Å². The molecule has 2 aromatic carbocycles. The van der Waals surface area contributed by atoms with Gasteiger partial charge in [-0.25, -0.2) is 9.67 Å². The highest BCUT2D eigenvalue weighted by Crippen LogP contribution is 2.10. The van der Waals surface area contributed by atoms with Crippen LogP contribution in [-0.4, -0.2) is 25.2 Å². The van der Waals surface area contributed by atoms with Gasteiger partial charge in [0.15, 0.2) is 0 Å². The average molecular weight is 359 g/mol. The van der Waals surface area contributed by atoms with Gasteiger partial charge in [0.05, 0.1) is 30.0 Å². The second-order valence-corrected chi connectivity index (χ2v) is 6.10. The van der Waals surface area contributed by atoms with Crippen LogP contribution in [0.3, 0.4) is 0 Å². The lowest BCUT2D eigenvalue weighted by atomic mass is 10.2. The van der Waals surface area contributed by atoms with Crippen molar-refractivity contribution in [3.63, 3.8) is 0 Å². The van der Waals surface area contributed by atoms with E-state index in [9.17, 15) is 9.59 Å². The summed E-state index contributed by atoms with van der Waals surface area (Å²) in [6.45, 7) is 0.425. The van der Waals surface area contributed by atoms with E-state index in [1.54, 1.807) is 35.1 Å². The summed E-state index contributed by atoms with van der Waals surface area (Å²) in [6, 6.07) is 18.6. The number of hydrogen-bond donors (Lipinski definition) is 1. The fraction of sp³-hybridized carbons (Fsp3) is 0.100. The zero-order chi connectivity index (χ0) is 18.6. The Hall–Kier alpha value is -3.74. The number of rotatable bonds is 5. The first-order chi connectivity index (χ1) is 13.2. The minimum Gasteiger partial charge on any atom is -0.309 e. The number of fused-ring (bicyclic) bond motifs is 1. The summed E-state index contributed by atoms with van der Waals surface area (Å²) in [5.41, 5.74) is 1.44. The van der Waals surface area contributed by atoms with Gasteiger partial charge in [-0.2, -0.15) is 5.10 Å². The average Bonchev–Trinajstić information content (AvgIpc) is 3.11. The van der Waals surface area contributed by atoms with Crippen LogP contribution < -0.4 is 10.9 Å². The molecule has 0 aliphatic rings. The number of nitrogens with zero attached hydrogens (tertiary/aromatic N) is 4. The molecule has 27 heavy (non-hydrogen) atoms. The molecule has 4 aromatic rings. The van der Waals surface area contributed by atoms with Gasteiger partial charge in [0.25, 0.3) is 5.56 Å². The highest BCUT2D eigenvalue weighted by molar-refractivity contribution is 5.89. The number of para-hydroxylation sites is 1. The summed E-state index contributed by atoms with van der Waals surface area (Å²) in [4.78, 5) is 29.2. The van der Waals surface area contributed by atoms with Gasteiger partial charge in [0.2, 0.25) is 5.91 Å². The van der Waals surface area contributed by atoms with Crippen LogP contribution in [0.15, 0.2) is 78.0 Å². The molecular weight excluding hydrogens is 342 g/mol. The molecule has 134 valence electrons. The van der Waals surface area contributed by atoms with E-state index < -0.39 is 0 Å². The number of anilines is 1. The smallest absolute Gasteiger partial charge is 0.261 e. The van der Waals surface area contributed by atoms with Crippen LogP contribution in [-0.2, 0) is 17.9 Å². The third-order valence-electron chi connectivity index (χ3n) is 4.20. The van der Waals surface area contributed by atoms with Crippen molar-refractivity contribution < 1.29 is 4.79 Å². The maximum atomic E-state index is 12.5. The van der Waals surface area contributed by atoms with Crippen LogP contribution in [0, 0.1) is 0 Å². The Kier molecular flexibility index (Phi) is 4.49. The second-order valence-electron chi connectivity index (χ2n) is 6.10. The number of nitrogens with one attached hydrogen (secondary N) is 1. The van der Waals surface area contributed by atoms with Gasteiger partial charge in [0.1, 0.15) is 12.4 Å². The predicted octanol–water partition coefficient (Wildman–Crippen LogP) is 2.28. The topological polar surface area (TPSA) is 81.8 Å². The third kappa shape index (κ3) is 3.62. The quantitative estimate of drug-likeness (QED) is 0.593. The fourth-order valence-corrected chi connectivity index (χ4v) is 2.88. The number of hydrogen-bond acceptors (Lipinski definition) is 4. The molecule has 0 saturated carbocycles. The Morgan fingerprint density at radius 1 is 1.00 bits per heavy atom. The number of aromatic nitrogens is 4. The van der Waals surface area contributed by atoms with Gasteiger partial charge in [-0.3, -0.25) is 14.2 Å². The number of carbonyl (C=O) groups is 1. The molecule has 2 heterocycles. The highest BCUT2D eigenvalue weighted by Gasteiger charge is 2.11. The van der Waals surface area contributed by atoms with Gasteiger partial charge in [-0.1, -0.05) is 42.5 Å². The first kappa shape index (κ1) is 16.7. The second kappa shape index (κ2) is 7.25. The molecule has 0 aliphatic carbocycles. The summed E-state index contributed by atoms with van der Waals surface area (Å²) in [5, 5.41) is 7.55. The van der Waals surface area contributed by atoms with Crippen molar-refractivity contribution in [1.29, 1.82) is 0 Å². The van der Waals surface area contributed by atoms with E-state index in [0.717, 1.165) is 5.56 Å². The SMILES string of the molecule is O=C(Cn1cnc2ccccc2c1=O)Nc1ccnn1Cc1ccccc1. The monoisotopic (exact) mass is 359 g/mol. The maximum Gasteiger partial charge on any atom is 0.261 e. The molecule has 0 bridgehead atoms. The van der Waals surface area contributed by atoms with Crippen LogP contribution in [0.5, 0.6) is 0 Å². The zero-order valence-corrected chi connectivity index (χ0v) is 14.4. The van der Waals surface area contributed by atoms with E-state index in [-0.39, 0.29) is 18.0 Å². The highest BCUT2D eigenvalue weighted by atomic mass is 16.2. The van der Waals surface area contributed by atoms with Crippen molar-refractivity contribution in [2.24, 2.45) is 0 Å². The molecule has 0 fully saturated rings. The molecule has 2 aromatic heterocycles.